The Morgan fingerprint density at radius 3 is 2.67 bits per heavy atom. The lowest BCUT2D eigenvalue weighted by Crippen LogP contribution is -1.95. The first-order chi connectivity index (χ1) is 7.00. The summed E-state index contributed by atoms with van der Waals surface area (Å²) in [5, 5.41) is 10.1. The summed E-state index contributed by atoms with van der Waals surface area (Å²) in [7, 11) is 0. The van der Waals surface area contributed by atoms with E-state index < -0.39 is 0 Å². The SMILES string of the molecule is CC(=O)c1ccc(O)c(CSC(C)C)c1. The average Bonchev–Trinajstić information content (AvgIpc) is 2.16. The van der Waals surface area contributed by atoms with E-state index in [-0.39, 0.29) is 11.5 Å². The molecule has 0 aliphatic carbocycles. The van der Waals surface area contributed by atoms with Gasteiger partial charge in [-0.15, -0.1) is 0 Å². The van der Waals surface area contributed by atoms with Crippen LogP contribution in [0.1, 0.15) is 36.7 Å². The predicted molar refractivity (Wildman–Crippen MR) is 64.5 cm³/mol. The van der Waals surface area contributed by atoms with E-state index in [2.05, 4.69) is 13.8 Å². The largest absolute Gasteiger partial charge is 0.508 e. The quantitative estimate of drug-likeness (QED) is 0.798. The number of aromatic hydroxyl groups is 1. The highest BCUT2D eigenvalue weighted by molar-refractivity contribution is 7.99. The summed E-state index contributed by atoms with van der Waals surface area (Å²) in [6.45, 7) is 5.75. The molecule has 0 amide bonds. The van der Waals surface area contributed by atoms with Crippen molar-refractivity contribution in [2.24, 2.45) is 0 Å². The van der Waals surface area contributed by atoms with Crippen LogP contribution in [0.4, 0.5) is 0 Å². The number of ketones is 1. The third kappa shape index (κ3) is 3.59. The number of thioether (sulfide) groups is 1. The van der Waals surface area contributed by atoms with Crippen LogP contribution in [-0.2, 0) is 5.75 Å². The van der Waals surface area contributed by atoms with E-state index in [1.807, 2.05) is 0 Å². The normalized spacial score (nSPS) is 10.7. The lowest BCUT2D eigenvalue weighted by Gasteiger charge is -2.08. The molecule has 1 rings (SSSR count). The monoisotopic (exact) mass is 224 g/mol. The van der Waals surface area contributed by atoms with Gasteiger partial charge in [-0.2, -0.15) is 11.8 Å². The average molecular weight is 224 g/mol. The minimum absolute atomic E-state index is 0.0331. The van der Waals surface area contributed by atoms with E-state index in [0.717, 1.165) is 11.3 Å². The van der Waals surface area contributed by atoms with Crippen LogP contribution in [0.25, 0.3) is 0 Å². The molecule has 0 atom stereocenters. The Hall–Kier alpha value is -0.960. The van der Waals surface area contributed by atoms with Crippen LogP contribution in [0.2, 0.25) is 0 Å². The smallest absolute Gasteiger partial charge is 0.159 e. The number of benzene rings is 1. The molecule has 0 fully saturated rings. The number of carbonyl (C=O) groups excluding carboxylic acids is 1. The molecule has 0 radical (unpaired) electrons. The van der Waals surface area contributed by atoms with E-state index in [0.29, 0.717) is 10.8 Å². The van der Waals surface area contributed by atoms with Crippen molar-refractivity contribution in [1.29, 1.82) is 0 Å². The molecule has 0 unspecified atom stereocenters. The van der Waals surface area contributed by atoms with E-state index in [9.17, 15) is 9.90 Å². The number of carbonyl (C=O) groups is 1. The van der Waals surface area contributed by atoms with E-state index in [1.165, 1.54) is 6.92 Å². The van der Waals surface area contributed by atoms with Gasteiger partial charge in [0.1, 0.15) is 5.75 Å². The molecule has 1 aromatic rings. The molecule has 0 bridgehead atoms. The summed E-state index contributed by atoms with van der Waals surface area (Å²) in [6.07, 6.45) is 0. The Bertz CT molecular complexity index is 359. The van der Waals surface area contributed by atoms with E-state index >= 15 is 0 Å². The Balaban J connectivity index is 2.85. The van der Waals surface area contributed by atoms with E-state index in [1.54, 1.807) is 30.0 Å². The highest BCUT2D eigenvalue weighted by Gasteiger charge is 2.06. The molecule has 1 aromatic carbocycles. The molecule has 3 heteroatoms. The Morgan fingerprint density at radius 2 is 2.13 bits per heavy atom. The lowest BCUT2D eigenvalue weighted by molar-refractivity contribution is 0.101. The lowest BCUT2D eigenvalue weighted by atomic mass is 10.1. The second-order valence-electron chi connectivity index (χ2n) is 3.76. The van der Waals surface area contributed by atoms with Gasteiger partial charge in [-0.05, 0) is 30.4 Å². The summed E-state index contributed by atoms with van der Waals surface area (Å²) in [5.41, 5.74) is 1.49. The Morgan fingerprint density at radius 1 is 1.47 bits per heavy atom. The van der Waals surface area contributed by atoms with Crippen LogP contribution < -0.4 is 0 Å². The van der Waals surface area contributed by atoms with Crippen molar-refractivity contribution < 1.29 is 9.90 Å². The maximum Gasteiger partial charge on any atom is 0.159 e. The minimum atomic E-state index is 0.0331. The van der Waals surface area contributed by atoms with Crippen molar-refractivity contribution in [2.75, 3.05) is 0 Å². The number of phenols is 1. The second-order valence-corrected chi connectivity index (χ2v) is 5.32. The molecule has 0 aromatic heterocycles. The third-order valence-corrected chi connectivity index (χ3v) is 3.20. The minimum Gasteiger partial charge on any atom is -0.508 e. The highest BCUT2D eigenvalue weighted by Crippen LogP contribution is 2.25. The van der Waals surface area contributed by atoms with E-state index in [4.69, 9.17) is 0 Å². The van der Waals surface area contributed by atoms with Crippen LogP contribution in [0, 0.1) is 0 Å². The van der Waals surface area contributed by atoms with Crippen molar-refractivity contribution in [2.45, 2.75) is 31.8 Å². The summed E-state index contributed by atoms with van der Waals surface area (Å²) >= 11 is 1.75. The van der Waals surface area contributed by atoms with Crippen LogP contribution in [0.5, 0.6) is 5.75 Å². The topological polar surface area (TPSA) is 37.3 Å². The zero-order valence-corrected chi connectivity index (χ0v) is 10.1. The van der Waals surface area contributed by atoms with Crippen molar-refractivity contribution in [3.8, 4) is 5.75 Å². The zero-order valence-electron chi connectivity index (χ0n) is 9.28. The van der Waals surface area contributed by atoms with Gasteiger partial charge >= 0.3 is 0 Å². The molecular weight excluding hydrogens is 208 g/mol. The Kier molecular flexibility index (Phi) is 4.21. The molecule has 0 aliphatic heterocycles. The molecule has 0 aliphatic rings. The first-order valence-electron chi connectivity index (χ1n) is 4.95. The van der Waals surface area contributed by atoms with Gasteiger partial charge in [0.25, 0.3) is 0 Å². The molecule has 0 saturated heterocycles. The third-order valence-electron chi connectivity index (χ3n) is 2.06. The molecule has 0 saturated carbocycles. The summed E-state index contributed by atoms with van der Waals surface area (Å²) in [5.74, 6) is 1.05. The first-order valence-corrected chi connectivity index (χ1v) is 6.00. The molecule has 0 heterocycles. The second kappa shape index (κ2) is 5.21. The highest BCUT2D eigenvalue weighted by atomic mass is 32.2. The van der Waals surface area contributed by atoms with Crippen LogP contribution >= 0.6 is 11.8 Å². The summed E-state index contributed by atoms with van der Waals surface area (Å²) in [4.78, 5) is 11.2. The summed E-state index contributed by atoms with van der Waals surface area (Å²) < 4.78 is 0. The fourth-order valence-electron chi connectivity index (χ4n) is 1.18. The van der Waals surface area contributed by atoms with Gasteiger partial charge in [-0.3, -0.25) is 4.79 Å². The van der Waals surface area contributed by atoms with Crippen molar-refractivity contribution in [1.82, 2.24) is 0 Å². The van der Waals surface area contributed by atoms with Crippen LogP contribution in [0.15, 0.2) is 18.2 Å². The van der Waals surface area contributed by atoms with Gasteiger partial charge in [-0.1, -0.05) is 13.8 Å². The number of phenolic OH excluding ortho intramolecular Hbond substituents is 1. The number of rotatable bonds is 4. The number of hydrogen-bond donors (Lipinski definition) is 1. The van der Waals surface area contributed by atoms with Gasteiger partial charge in [0.15, 0.2) is 5.78 Å². The standard InChI is InChI=1S/C12H16O2S/c1-8(2)15-7-11-6-10(9(3)13)4-5-12(11)14/h4-6,8,14H,7H2,1-3H3. The van der Waals surface area contributed by atoms with Crippen molar-refractivity contribution >= 4 is 17.5 Å². The van der Waals surface area contributed by atoms with Gasteiger partial charge in [0.05, 0.1) is 0 Å². The van der Waals surface area contributed by atoms with Crippen LogP contribution in [-0.4, -0.2) is 16.1 Å². The Labute approximate surface area is 94.7 Å². The predicted octanol–water partition coefficient (Wildman–Crippen LogP) is 3.24. The summed E-state index contributed by atoms with van der Waals surface area (Å²) in [6, 6.07) is 5.02. The van der Waals surface area contributed by atoms with Gasteiger partial charge in [0, 0.05) is 16.9 Å². The van der Waals surface area contributed by atoms with Gasteiger partial charge < -0.3 is 5.11 Å². The van der Waals surface area contributed by atoms with Crippen LogP contribution in [0.3, 0.4) is 0 Å². The number of Topliss-reactive ketones (excluding diaryl/α,β-unsaturated/α-hetero) is 1. The molecule has 2 nitrogen and oxygen atoms in total. The number of hydrogen-bond acceptors (Lipinski definition) is 3. The maximum atomic E-state index is 11.2. The molecule has 82 valence electrons. The van der Waals surface area contributed by atoms with Gasteiger partial charge in [0.2, 0.25) is 0 Å². The fraction of sp³-hybridized carbons (Fsp3) is 0.417. The molecular formula is C12H16O2S. The fourth-order valence-corrected chi connectivity index (χ4v) is 1.92. The molecule has 15 heavy (non-hydrogen) atoms. The first kappa shape index (κ1) is 12.1. The maximum absolute atomic E-state index is 11.2. The van der Waals surface area contributed by atoms with Crippen molar-refractivity contribution in [3.63, 3.8) is 0 Å². The zero-order chi connectivity index (χ0) is 11.4. The molecule has 0 spiro atoms. The van der Waals surface area contributed by atoms with Crippen molar-refractivity contribution in [3.05, 3.63) is 29.3 Å². The molecule has 1 N–H and O–H groups in total. The van der Waals surface area contributed by atoms with Gasteiger partial charge in [-0.25, -0.2) is 0 Å².